The summed E-state index contributed by atoms with van der Waals surface area (Å²) in [6.07, 6.45) is 0.606. The van der Waals surface area contributed by atoms with E-state index < -0.39 is 26.5 Å². The van der Waals surface area contributed by atoms with Crippen molar-refractivity contribution in [3.8, 4) is 0 Å². The molecule has 1 N–H and O–H groups in total. The topological polar surface area (TPSA) is 89.3 Å². The van der Waals surface area contributed by atoms with E-state index in [-0.39, 0.29) is 22.4 Å². The summed E-state index contributed by atoms with van der Waals surface area (Å²) in [5.41, 5.74) is -0.973. The lowest BCUT2D eigenvalue weighted by atomic mass is 9.93. The second-order valence-electron chi connectivity index (χ2n) is 6.04. The highest BCUT2D eigenvalue weighted by molar-refractivity contribution is 7.89. The van der Waals surface area contributed by atoms with Crippen molar-refractivity contribution in [2.24, 2.45) is 5.41 Å². The van der Waals surface area contributed by atoms with E-state index in [4.69, 9.17) is 0 Å². The molecule has 1 aromatic carbocycles. The Morgan fingerprint density at radius 1 is 1.33 bits per heavy atom. The summed E-state index contributed by atoms with van der Waals surface area (Å²) in [7, 11) is -3.90. The summed E-state index contributed by atoms with van der Waals surface area (Å²) in [4.78, 5) is 9.51. The van der Waals surface area contributed by atoms with Crippen LogP contribution in [0.4, 0.5) is 10.1 Å². The maximum atomic E-state index is 13.6. The van der Waals surface area contributed by atoms with Crippen LogP contribution in [-0.4, -0.2) is 19.9 Å². The molecule has 6 nitrogen and oxygen atoms in total. The summed E-state index contributed by atoms with van der Waals surface area (Å²) in [6, 6.07) is 1.82. The molecule has 118 valence electrons. The summed E-state index contributed by atoms with van der Waals surface area (Å²) in [5, 5.41) is 10.7. The van der Waals surface area contributed by atoms with Crippen molar-refractivity contribution in [2.75, 3.05) is 6.54 Å². The van der Waals surface area contributed by atoms with Crippen LogP contribution in [0.15, 0.2) is 17.0 Å². The van der Waals surface area contributed by atoms with Crippen LogP contribution in [0.5, 0.6) is 0 Å². The van der Waals surface area contributed by atoms with Gasteiger partial charge >= 0.3 is 5.69 Å². The van der Waals surface area contributed by atoms with Crippen molar-refractivity contribution >= 4 is 15.7 Å². The van der Waals surface area contributed by atoms with Crippen LogP contribution in [0.25, 0.3) is 0 Å². The Kier molecular flexibility index (Phi) is 5.06. The van der Waals surface area contributed by atoms with Gasteiger partial charge in [-0.2, -0.15) is 4.39 Å². The van der Waals surface area contributed by atoms with Crippen molar-refractivity contribution in [2.45, 2.75) is 39.0 Å². The van der Waals surface area contributed by atoms with Crippen LogP contribution in [0.3, 0.4) is 0 Å². The Morgan fingerprint density at radius 3 is 2.38 bits per heavy atom. The number of hydrogen-bond acceptors (Lipinski definition) is 4. The second kappa shape index (κ2) is 6.07. The first-order valence-corrected chi connectivity index (χ1v) is 7.86. The number of aryl methyl sites for hydroxylation is 1. The molecular weight excluding hydrogens is 299 g/mol. The zero-order valence-electron chi connectivity index (χ0n) is 12.4. The van der Waals surface area contributed by atoms with Crippen LogP contribution >= 0.6 is 0 Å². The third-order valence-corrected chi connectivity index (χ3v) is 4.32. The summed E-state index contributed by atoms with van der Waals surface area (Å²) >= 11 is 0. The average molecular weight is 318 g/mol. The molecule has 0 amide bonds. The van der Waals surface area contributed by atoms with Gasteiger partial charge in [0.15, 0.2) is 0 Å². The predicted molar refractivity (Wildman–Crippen MR) is 77.1 cm³/mol. The van der Waals surface area contributed by atoms with E-state index in [9.17, 15) is 22.9 Å². The highest BCUT2D eigenvalue weighted by atomic mass is 32.2. The number of rotatable bonds is 5. The highest BCUT2D eigenvalue weighted by Gasteiger charge is 2.24. The lowest BCUT2D eigenvalue weighted by molar-refractivity contribution is -0.387. The fraction of sp³-hybridized carbons (Fsp3) is 0.538. The maximum Gasteiger partial charge on any atom is 0.306 e. The van der Waals surface area contributed by atoms with Crippen molar-refractivity contribution in [3.05, 3.63) is 33.6 Å². The normalized spacial score (nSPS) is 12.4. The molecule has 0 saturated heterocycles. The molecule has 0 atom stereocenters. The lowest BCUT2D eigenvalue weighted by Crippen LogP contribution is -2.27. The smallest absolute Gasteiger partial charge is 0.258 e. The molecule has 0 aliphatic carbocycles. The van der Waals surface area contributed by atoms with Crippen LogP contribution in [0, 0.1) is 28.3 Å². The number of nitro groups is 1. The predicted octanol–water partition coefficient (Wildman–Crippen LogP) is 2.76. The molecule has 0 aromatic heterocycles. The zero-order chi connectivity index (χ0) is 16.4. The molecule has 0 radical (unpaired) electrons. The average Bonchev–Trinajstić information content (AvgIpc) is 2.29. The number of nitrogens with zero attached hydrogens (tertiary/aromatic N) is 1. The molecule has 21 heavy (non-hydrogen) atoms. The van der Waals surface area contributed by atoms with Crippen LogP contribution in [-0.2, 0) is 10.0 Å². The number of hydrogen-bond donors (Lipinski definition) is 1. The van der Waals surface area contributed by atoms with Crippen LogP contribution < -0.4 is 4.72 Å². The van der Waals surface area contributed by atoms with Crippen molar-refractivity contribution in [1.82, 2.24) is 4.72 Å². The van der Waals surface area contributed by atoms with Gasteiger partial charge in [0.2, 0.25) is 15.8 Å². The van der Waals surface area contributed by atoms with Gasteiger partial charge in [0, 0.05) is 12.6 Å². The number of nitrogens with one attached hydrogen (secondary N) is 1. The number of benzene rings is 1. The third-order valence-electron chi connectivity index (χ3n) is 2.88. The van der Waals surface area contributed by atoms with E-state index in [2.05, 4.69) is 4.72 Å². The first-order chi connectivity index (χ1) is 9.44. The Hall–Kier alpha value is -1.54. The van der Waals surface area contributed by atoms with Gasteiger partial charge in [0.05, 0.1) is 9.82 Å². The minimum absolute atomic E-state index is 0.0484. The van der Waals surface area contributed by atoms with E-state index in [0.29, 0.717) is 6.42 Å². The first-order valence-electron chi connectivity index (χ1n) is 6.38. The van der Waals surface area contributed by atoms with Gasteiger partial charge in [-0.15, -0.1) is 0 Å². The van der Waals surface area contributed by atoms with Crippen LogP contribution in [0.1, 0.15) is 32.8 Å². The Balaban J connectivity index is 3.07. The van der Waals surface area contributed by atoms with Crippen LogP contribution in [0.2, 0.25) is 0 Å². The molecule has 8 heteroatoms. The summed E-state index contributed by atoms with van der Waals surface area (Å²) in [5.74, 6) is -1.02. The highest BCUT2D eigenvalue weighted by Crippen LogP contribution is 2.25. The van der Waals surface area contributed by atoms with Crippen molar-refractivity contribution < 1.29 is 17.7 Å². The Labute approximate surface area is 123 Å². The molecule has 0 fully saturated rings. The van der Waals surface area contributed by atoms with Gasteiger partial charge in [-0.3, -0.25) is 10.1 Å². The molecule has 0 unspecified atom stereocenters. The van der Waals surface area contributed by atoms with E-state index in [0.717, 1.165) is 12.1 Å². The summed E-state index contributed by atoms with van der Waals surface area (Å²) < 4.78 is 40.1. The van der Waals surface area contributed by atoms with Gasteiger partial charge in [0.1, 0.15) is 0 Å². The minimum atomic E-state index is -3.90. The lowest BCUT2D eigenvalue weighted by Gasteiger charge is -2.18. The second-order valence-corrected chi connectivity index (χ2v) is 7.81. The number of halogens is 1. The SMILES string of the molecule is Cc1cc(S(=O)(=O)NCCC(C)(C)C)cc([N+](=O)[O-])c1F. The zero-order valence-corrected chi connectivity index (χ0v) is 13.3. The standard InChI is InChI=1S/C13H19FN2O4S/c1-9-7-10(8-11(12(9)14)16(17)18)21(19,20)15-6-5-13(2,3)4/h7-8,15H,5-6H2,1-4H3. The fourth-order valence-electron chi connectivity index (χ4n) is 1.65. The summed E-state index contributed by atoms with van der Waals surface area (Å²) in [6.45, 7) is 7.39. The van der Waals surface area contributed by atoms with Gasteiger partial charge in [-0.25, -0.2) is 13.1 Å². The fourth-order valence-corrected chi connectivity index (χ4v) is 2.79. The van der Waals surface area contributed by atoms with Gasteiger partial charge in [-0.1, -0.05) is 20.8 Å². The molecule has 0 saturated carbocycles. The van der Waals surface area contributed by atoms with E-state index in [1.807, 2.05) is 20.8 Å². The monoisotopic (exact) mass is 318 g/mol. The molecule has 0 aliphatic heterocycles. The molecule has 0 bridgehead atoms. The third kappa shape index (κ3) is 4.75. The Morgan fingerprint density at radius 2 is 1.90 bits per heavy atom. The van der Waals surface area contributed by atoms with E-state index in [1.54, 1.807) is 0 Å². The van der Waals surface area contributed by atoms with Crippen molar-refractivity contribution in [3.63, 3.8) is 0 Å². The van der Waals surface area contributed by atoms with Gasteiger partial charge < -0.3 is 0 Å². The van der Waals surface area contributed by atoms with Gasteiger partial charge in [-0.05, 0) is 30.4 Å². The molecule has 1 aromatic rings. The molecule has 0 heterocycles. The maximum absolute atomic E-state index is 13.6. The Bertz CT molecular complexity index is 651. The number of nitro benzene ring substituents is 1. The molecule has 0 aliphatic rings. The van der Waals surface area contributed by atoms with E-state index in [1.165, 1.54) is 6.92 Å². The largest absolute Gasteiger partial charge is 0.306 e. The number of sulfonamides is 1. The molecule has 1 rings (SSSR count). The van der Waals surface area contributed by atoms with Gasteiger partial charge in [0.25, 0.3) is 0 Å². The molecule has 0 spiro atoms. The van der Waals surface area contributed by atoms with Crippen molar-refractivity contribution in [1.29, 1.82) is 0 Å². The minimum Gasteiger partial charge on any atom is -0.258 e. The van der Waals surface area contributed by atoms with E-state index >= 15 is 0 Å². The molecular formula is C13H19FN2O4S. The first kappa shape index (κ1) is 17.5. The quantitative estimate of drug-likeness (QED) is 0.667.